The minimum Gasteiger partial charge on any atom is -0.355 e. The van der Waals surface area contributed by atoms with E-state index in [4.69, 9.17) is 0 Å². The Kier molecular flexibility index (Phi) is 7.14. The number of hydrogen-bond donors (Lipinski definition) is 2. The standard InChI is InChI=1S/C22H25F3N4O2/c1-2-26-20(30)16-7-3-6-15(12-16)13-28-21(31)17-8-5-11-29(14-17)19-18(22(23,24)25)9-4-10-27-19/h3-4,6-7,9-10,12,17H,2,5,8,11,13-14H2,1H3,(H,26,30)(H,28,31). The highest BCUT2D eigenvalue weighted by Crippen LogP contribution is 2.36. The number of carbonyl (C=O) groups is 2. The lowest BCUT2D eigenvalue weighted by atomic mass is 9.96. The maximum Gasteiger partial charge on any atom is 0.419 e. The van der Waals surface area contributed by atoms with E-state index in [0.29, 0.717) is 31.5 Å². The molecule has 1 saturated heterocycles. The molecule has 2 heterocycles. The van der Waals surface area contributed by atoms with E-state index in [1.54, 1.807) is 24.3 Å². The molecule has 3 rings (SSSR count). The first-order valence-corrected chi connectivity index (χ1v) is 10.2. The highest BCUT2D eigenvalue weighted by molar-refractivity contribution is 5.94. The Morgan fingerprint density at radius 2 is 2.00 bits per heavy atom. The molecule has 1 aliphatic heterocycles. The van der Waals surface area contributed by atoms with Gasteiger partial charge in [-0.3, -0.25) is 9.59 Å². The van der Waals surface area contributed by atoms with Gasteiger partial charge >= 0.3 is 6.18 Å². The molecule has 2 N–H and O–H groups in total. The van der Waals surface area contributed by atoms with Crippen LogP contribution >= 0.6 is 0 Å². The van der Waals surface area contributed by atoms with Gasteiger partial charge in [-0.2, -0.15) is 13.2 Å². The van der Waals surface area contributed by atoms with E-state index >= 15 is 0 Å². The van der Waals surface area contributed by atoms with Crippen molar-refractivity contribution in [2.45, 2.75) is 32.5 Å². The van der Waals surface area contributed by atoms with Crippen molar-refractivity contribution in [1.29, 1.82) is 0 Å². The zero-order chi connectivity index (χ0) is 22.4. The fourth-order valence-electron chi connectivity index (χ4n) is 3.67. The molecule has 2 aromatic rings. The fourth-order valence-corrected chi connectivity index (χ4v) is 3.67. The summed E-state index contributed by atoms with van der Waals surface area (Å²) in [7, 11) is 0. The summed E-state index contributed by atoms with van der Waals surface area (Å²) >= 11 is 0. The van der Waals surface area contributed by atoms with E-state index in [1.165, 1.54) is 17.2 Å². The zero-order valence-corrected chi connectivity index (χ0v) is 17.2. The monoisotopic (exact) mass is 434 g/mol. The number of piperidine rings is 1. The summed E-state index contributed by atoms with van der Waals surface area (Å²) in [4.78, 5) is 30.1. The fraction of sp³-hybridized carbons (Fsp3) is 0.409. The number of alkyl halides is 3. The number of anilines is 1. The molecule has 0 radical (unpaired) electrons. The van der Waals surface area contributed by atoms with Gasteiger partial charge in [0, 0.05) is 37.9 Å². The van der Waals surface area contributed by atoms with Crippen LogP contribution < -0.4 is 15.5 Å². The average molecular weight is 434 g/mol. The third-order valence-electron chi connectivity index (χ3n) is 5.18. The number of hydrogen-bond acceptors (Lipinski definition) is 4. The molecule has 1 aliphatic rings. The Morgan fingerprint density at radius 3 is 2.74 bits per heavy atom. The van der Waals surface area contributed by atoms with Crippen LogP contribution in [0.25, 0.3) is 0 Å². The van der Waals surface area contributed by atoms with Crippen molar-refractivity contribution in [2.24, 2.45) is 5.92 Å². The number of halogens is 3. The zero-order valence-electron chi connectivity index (χ0n) is 17.2. The van der Waals surface area contributed by atoms with Gasteiger partial charge in [-0.25, -0.2) is 4.98 Å². The normalized spacial score (nSPS) is 16.6. The summed E-state index contributed by atoms with van der Waals surface area (Å²) in [5.74, 6) is -0.988. The molecule has 0 saturated carbocycles. The summed E-state index contributed by atoms with van der Waals surface area (Å²) in [6, 6.07) is 9.22. The highest BCUT2D eigenvalue weighted by atomic mass is 19.4. The second-order valence-corrected chi connectivity index (χ2v) is 7.44. The molecule has 1 unspecified atom stereocenters. The van der Waals surface area contributed by atoms with Crippen molar-refractivity contribution in [3.63, 3.8) is 0 Å². The number of carbonyl (C=O) groups excluding carboxylic acids is 2. The number of nitrogens with zero attached hydrogens (tertiary/aromatic N) is 2. The summed E-state index contributed by atoms with van der Waals surface area (Å²) < 4.78 is 40.0. The van der Waals surface area contributed by atoms with Crippen LogP contribution in [0.4, 0.5) is 19.0 Å². The molecule has 0 bridgehead atoms. The lowest BCUT2D eigenvalue weighted by molar-refractivity contribution is -0.137. The third-order valence-corrected chi connectivity index (χ3v) is 5.18. The van der Waals surface area contributed by atoms with Crippen LogP contribution in [0.2, 0.25) is 0 Å². The van der Waals surface area contributed by atoms with Crippen LogP contribution in [0.3, 0.4) is 0 Å². The van der Waals surface area contributed by atoms with Gasteiger partial charge in [0.15, 0.2) is 0 Å². The molecule has 9 heteroatoms. The van der Waals surface area contributed by atoms with E-state index in [0.717, 1.165) is 11.6 Å². The van der Waals surface area contributed by atoms with Crippen molar-refractivity contribution in [1.82, 2.24) is 15.6 Å². The Labute approximate surface area is 178 Å². The average Bonchev–Trinajstić information content (AvgIpc) is 2.77. The Hall–Kier alpha value is -3.10. The van der Waals surface area contributed by atoms with E-state index in [1.807, 2.05) is 6.92 Å². The van der Waals surface area contributed by atoms with E-state index < -0.39 is 17.7 Å². The number of benzene rings is 1. The first-order valence-electron chi connectivity index (χ1n) is 10.2. The molecule has 1 aromatic carbocycles. The number of rotatable bonds is 6. The molecule has 1 atom stereocenters. The minimum absolute atomic E-state index is 0.137. The van der Waals surface area contributed by atoms with Crippen molar-refractivity contribution in [3.8, 4) is 0 Å². The molecular weight excluding hydrogens is 409 g/mol. The minimum atomic E-state index is -4.51. The number of amides is 2. The van der Waals surface area contributed by atoms with Crippen LogP contribution in [-0.2, 0) is 17.5 Å². The van der Waals surface area contributed by atoms with Crippen LogP contribution in [-0.4, -0.2) is 36.4 Å². The van der Waals surface area contributed by atoms with Crippen molar-refractivity contribution in [3.05, 3.63) is 59.3 Å². The Balaban J connectivity index is 1.64. The summed E-state index contributed by atoms with van der Waals surface area (Å²) in [6.07, 6.45) is -1.99. The Morgan fingerprint density at radius 1 is 1.19 bits per heavy atom. The largest absolute Gasteiger partial charge is 0.419 e. The predicted molar refractivity (Wildman–Crippen MR) is 110 cm³/mol. The second kappa shape index (κ2) is 9.80. The van der Waals surface area contributed by atoms with E-state index in [-0.39, 0.29) is 30.7 Å². The van der Waals surface area contributed by atoms with Crippen LogP contribution in [0.15, 0.2) is 42.6 Å². The van der Waals surface area contributed by atoms with Crippen LogP contribution in [0.1, 0.15) is 41.3 Å². The van der Waals surface area contributed by atoms with E-state index in [2.05, 4.69) is 15.6 Å². The van der Waals surface area contributed by atoms with Gasteiger partial charge in [0.05, 0.1) is 11.5 Å². The van der Waals surface area contributed by atoms with Crippen molar-refractivity contribution < 1.29 is 22.8 Å². The maximum atomic E-state index is 13.3. The number of aromatic nitrogens is 1. The number of pyridine rings is 1. The molecule has 2 amide bonds. The molecular formula is C22H25F3N4O2. The van der Waals surface area contributed by atoms with Crippen molar-refractivity contribution in [2.75, 3.05) is 24.5 Å². The van der Waals surface area contributed by atoms with Gasteiger partial charge in [-0.05, 0) is 49.6 Å². The SMILES string of the molecule is CCNC(=O)c1cccc(CNC(=O)C2CCCN(c3ncccc3C(F)(F)F)C2)c1. The van der Waals surface area contributed by atoms with Gasteiger partial charge in [-0.1, -0.05) is 12.1 Å². The molecule has 166 valence electrons. The molecule has 6 nitrogen and oxygen atoms in total. The first kappa shape index (κ1) is 22.6. The van der Waals surface area contributed by atoms with Gasteiger partial charge in [0.2, 0.25) is 5.91 Å². The lowest BCUT2D eigenvalue weighted by Crippen LogP contribution is -2.43. The third kappa shape index (κ3) is 5.74. The van der Waals surface area contributed by atoms with Crippen molar-refractivity contribution >= 4 is 17.6 Å². The first-order chi connectivity index (χ1) is 14.8. The van der Waals surface area contributed by atoms with Gasteiger partial charge in [-0.15, -0.1) is 0 Å². The molecule has 1 aromatic heterocycles. The van der Waals surface area contributed by atoms with Gasteiger partial charge < -0.3 is 15.5 Å². The smallest absolute Gasteiger partial charge is 0.355 e. The van der Waals surface area contributed by atoms with Crippen LogP contribution in [0, 0.1) is 5.92 Å². The van der Waals surface area contributed by atoms with Crippen LogP contribution in [0.5, 0.6) is 0 Å². The quantitative estimate of drug-likeness (QED) is 0.731. The molecule has 1 fully saturated rings. The summed E-state index contributed by atoms with van der Waals surface area (Å²) in [5, 5.41) is 5.57. The second-order valence-electron chi connectivity index (χ2n) is 7.44. The van der Waals surface area contributed by atoms with Gasteiger partial charge in [0.1, 0.15) is 5.82 Å². The molecule has 0 spiro atoms. The summed E-state index contributed by atoms with van der Waals surface area (Å²) in [5.41, 5.74) is 0.486. The van der Waals surface area contributed by atoms with E-state index in [9.17, 15) is 22.8 Å². The topological polar surface area (TPSA) is 74.3 Å². The predicted octanol–water partition coefficient (Wildman–Crippen LogP) is 3.38. The maximum absolute atomic E-state index is 13.3. The highest BCUT2D eigenvalue weighted by Gasteiger charge is 2.37. The number of nitrogens with one attached hydrogen (secondary N) is 2. The van der Waals surface area contributed by atoms with Gasteiger partial charge in [0.25, 0.3) is 5.91 Å². The Bertz CT molecular complexity index is 933. The summed E-state index contributed by atoms with van der Waals surface area (Å²) in [6.45, 7) is 3.17. The molecule has 31 heavy (non-hydrogen) atoms. The lowest BCUT2D eigenvalue weighted by Gasteiger charge is -2.34. The molecule has 0 aliphatic carbocycles.